The SMILES string of the molecule is O=C(c1cccc(F)c1)N1CCC[C@@H]1c1ccc(Cl)cc1. The molecule has 1 saturated heterocycles. The second-order valence-corrected chi connectivity index (χ2v) is 5.65. The lowest BCUT2D eigenvalue weighted by Gasteiger charge is -2.25. The first-order valence-electron chi connectivity index (χ1n) is 6.97. The number of hydrogen-bond donors (Lipinski definition) is 0. The lowest BCUT2D eigenvalue weighted by Crippen LogP contribution is -2.30. The fourth-order valence-corrected chi connectivity index (χ4v) is 2.95. The maximum absolute atomic E-state index is 13.3. The van der Waals surface area contributed by atoms with E-state index in [0.717, 1.165) is 18.4 Å². The zero-order valence-corrected chi connectivity index (χ0v) is 12.2. The van der Waals surface area contributed by atoms with E-state index in [2.05, 4.69) is 0 Å². The third-order valence-corrected chi connectivity index (χ3v) is 4.09. The molecule has 1 atom stereocenters. The molecule has 3 rings (SSSR count). The highest BCUT2D eigenvalue weighted by atomic mass is 35.5. The molecule has 0 saturated carbocycles. The summed E-state index contributed by atoms with van der Waals surface area (Å²) in [5, 5.41) is 0.680. The van der Waals surface area contributed by atoms with Crippen LogP contribution in [0.25, 0.3) is 0 Å². The minimum atomic E-state index is -0.386. The number of nitrogens with zero attached hydrogens (tertiary/aromatic N) is 1. The maximum atomic E-state index is 13.3. The summed E-state index contributed by atoms with van der Waals surface area (Å²) in [4.78, 5) is 14.4. The van der Waals surface area contributed by atoms with Crippen LogP contribution in [0.5, 0.6) is 0 Å². The summed E-state index contributed by atoms with van der Waals surface area (Å²) >= 11 is 5.91. The highest BCUT2D eigenvalue weighted by Crippen LogP contribution is 2.33. The number of halogens is 2. The fraction of sp³-hybridized carbons (Fsp3) is 0.235. The number of rotatable bonds is 2. The molecule has 0 unspecified atom stereocenters. The summed E-state index contributed by atoms with van der Waals surface area (Å²) < 4.78 is 13.3. The number of carbonyl (C=O) groups excluding carboxylic acids is 1. The van der Waals surface area contributed by atoms with Crippen molar-refractivity contribution in [2.24, 2.45) is 0 Å². The van der Waals surface area contributed by atoms with Crippen molar-refractivity contribution in [3.63, 3.8) is 0 Å². The van der Waals surface area contributed by atoms with Gasteiger partial charge in [-0.15, -0.1) is 0 Å². The molecular weight excluding hydrogens is 289 g/mol. The quantitative estimate of drug-likeness (QED) is 0.802. The van der Waals surface area contributed by atoms with Crippen molar-refractivity contribution in [2.75, 3.05) is 6.54 Å². The Morgan fingerprint density at radius 3 is 2.67 bits per heavy atom. The molecule has 0 bridgehead atoms. The van der Waals surface area contributed by atoms with Gasteiger partial charge in [0.05, 0.1) is 6.04 Å². The molecule has 0 aliphatic carbocycles. The standard InChI is InChI=1S/C17H15ClFNO/c18-14-8-6-12(7-9-14)16-5-2-10-20(16)17(21)13-3-1-4-15(19)11-13/h1,3-4,6-9,11,16H,2,5,10H2/t16-/m1/s1. The Labute approximate surface area is 128 Å². The van der Waals surface area contributed by atoms with Gasteiger partial charge in [-0.3, -0.25) is 4.79 Å². The summed E-state index contributed by atoms with van der Waals surface area (Å²) in [7, 11) is 0. The van der Waals surface area contributed by atoms with Crippen LogP contribution in [0.3, 0.4) is 0 Å². The largest absolute Gasteiger partial charge is 0.332 e. The monoisotopic (exact) mass is 303 g/mol. The van der Waals surface area contributed by atoms with Crippen LogP contribution in [0, 0.1) is 5.82 Å². The van der Waals surface area contributed by atoms with Crippen LogP contribution >= 0.6 is 11.6 Å². The number of carbonyl (C=O) groups is 1. The molecule has 1 amide bonds. The molecular formula is C17H15ClFNO. The zero-order valence-electron chi connectivity index (χ0n) is 11.4. The van der Waals surface area contributed by atoms with Gasteiger partial charge in [0, 0.05) is 17.1 Å². The third kappa shape index (κ3) is 2.93. The molecule has 2 aromatic carbocycles. The first-order valence-corrected chi connectivity index (χ1v) is 7.35. The van der Waals surface area contributed by atoms with Gasteiger partial charge in [-0.05, 0) is 48.7 Å². The van der Waals surface area contributed by atoms with Gasteiger partial charge in [-0.1, -0.05) is 29.8 Å². The van der Waals surface area contributed by atoms with Crippen molar-refractivity contribution in [1.82, 2.24) is 4.90 Å². The lowest BCUT2D eigenvalue weighted by molar-refractivity contribution is 0.0735. The van der Waals surface area contributed by atoms with Crippen LogP contribution < -0.4 is 0 Å². The van der Waals surface area contributed by atoms with Gasteiger partial charge in [0.25, 0.3) is 5.91 Å². The molecule has 4 heteroatoms. The average Bonchev–Trinajstić information content (AvgIpc) is 2.96. The predicted molar refractivity (Wildman–Crippen MR) is 80.9 cm³/mol. The summed E-state index contributed by atoms with van der Waals surface area (Å²) in [5.74, 6) is -0.505. The van der Waals surface area contributed by atoms with Crippen LogP contribution in [0.4, 0.5) is 4.39 Å². The van der Waals surface area contributed by atoms with E-state index in [4.69, 9.17) is 11.6 Å². The van der Waals surface area contributed by atoms with E-state index in [1.807, 2.05) is 29.2 Å². The Morgan fingerprint density at radius 2 is 1.95 bits per heavy atom. The van der Waals surface area contributed by atoms with Crippen molar-refractivity contribution in [3.05, 3.63) is 70.5 Å². The Balaban J connectivity index is 1.87. The van der Waals surface area contributed by atoms with Crippen molar-refractivity contribution < 1.29 is 9.18 Å². The summed E-state index contributed by atoms with van der Waals surface area (Å²) in [6.45, 7) is 0.697. The number of amides is 1. The minimum absolute atomic E-state index is 0.0398. The van der Waals surface area contributed by atoms with Gasteiger partial charge < -0.3 is 4.90 Å². The van der Waals surface area contributed by atoms with Gasteiger partial charge in [-0.2, -0.15) is 0 Å². The molecule has 2 nitrogen and oxygen atoms in total. The molecule has 1 aliphatic rings. The van der Waals surface area contributed by atoms with E-state index in [1.54, 1.807) is 12.1 Å². The highest BCUT2D eigenvalue weighted by molar-refractivity contribution is 6.30. The Morgan fingerprint density at radius 1 is 1.19 bits per heavy atom. The lowest BCUT2D eigenvalue weighted by atomic mass is 10.0. The van der Waals surface area contributed by atoms with Crippen LogP contribution in [0.1, 0.15) is 34.8 Å². The van der Waals surface area contributed by atoms with Crippen LogP contribution in [0.15, 0.2) is 48.5 Å². The van der Waals surface area contributed by atoms with Gasteiger partial charge in [0.15, 0.2) is 0 Å². The van der Waals surface area contributed by atoms with Crippen LogP contribution in [0.2, 0.25) is 5.02 Å². The minimum Gasteiger partial charge on any atom is -0.332 e. The average molecular weight is 304 g/mol. The molecule has 0 N–H and O–H groups in total. The summed E-state index contributed by atoms with van der Waals surface area (Å²) in [6.07, 6.45) is 1.87. The van der Waals surface area contributed by atoms with Crippen molar-refractivity contribution in [2.45, 2.75) is 18.9 Å². The van der Waals surface area contributed by atoms with Gasteiger partial charge in [0.1, 0.15) is 5.82 Å². The molecule has 0 aromatic heterocycles. The van der Waals surface area contributed by atoms with E-state index < -0.39 is 0 Å². The molecule has 2 aromatic rings. The highest BCUT2D eigenvalue weighted by Gasteiger charge is 2.30. The van der Waals surface area contributed by atoms with E-state index in [-0.39, 0.29) is 17.8 Å². The fourth-order valence-electron chi connectivity index (χ4n) is 2.83. The summed E-state index contributed by atoms with van der Waals surface area (Å²) in [5.41, 5.74) is 1.47. The van der Waals surface area contributed by atoms with Crippen LogP contribution in [-0.2, 0) is 0 Å². The second-order valence-electron chi connectivity index (χ2n) is 5.22. The van der Waals surface area contributed by atoms with Gasteiger partial charge in [0.2, 0.25) is 0 Å². The first kappa shape index (κ1) is 14.1. The van der Waals surface area contributed by atoms with Gasteiger partial charge >= 0.3 is 0 Å². The molecule has 1 aliphatic heterocycles. The Bertz CT molecular complexity index is 656. The number of likely N-dealkylation sites (tertiary alicyclic amines) is 1. The summed E-state index contributed by atoms with van der Waals surface area (Å²) in [6, 6.07) is 13.5. The number of hydrogen-bond acceptors (Lipinski definition) is 1. The Hall–Kier alpha value is -1.87. The molecule has 21 heavy (non-hydrogen) atoms. The number of benzene rings is 2. The van der Waals surface area contributed by atoms with Crippen molar-refractivity contribution >= 4 is 17.5 Å². The smallest absolute Gasteiger partial charge is 0.254 e. The van der Waals surface area contributed by atoms with E-state index in [1.165, 1.54) is 12.1 Å². The van der Waals surface area contributed by atoms with Crippen LogP contribution in [-0.4, -0.2) is 17.4 Å². The van der Waals surface area contributed by atoms with E-state index in [9.17, 15) is 9.18 Å². The van der Waals surface area contributed by atoms with E-state index in [0.29, 0.717) is 17.1 Å². The maximum Gasteiger partial charge on any atom is 0.254 e. The molecule has 0 radical (unpaired) electrons. The normalized spacial score (nSPS) is 18.0. The van der Waals surface area contributed by atoms with Crippen molar-refractivity contribution in [1.29, 1.82) is 0 Å². The third-order valence-electron chi connectivity index (χ3n) is 3.84. The van der Waals surface area contributed by atoms with E-state index >= 15 is 0 Å². The molecule has 1 fully saturated rings. The molecule has 108 valence electrons. The zero-order chi connectivity index (χ0) is 14.8. The first-order chi connectivity index (χ1) is 10.1. The predicted octanol–water partition coefficient (Wildman–Crippen LogP) is 4.46. The molecule has 1 heterocycles. The topological polar surface area (TPSA) is 20.3 Å². The second kappa shape index (κ2) is 5.86. The van der Waals surface area contributed by atoms with Gasteiger partial charge in [-0.25, -0.2) is 4.39 Å². The van der Waals surface area contributed by atoms with Crippen molar-refractivity contribution in [3.8, 4) is 0 Å². The Kier molecular flexibility index (Phi) is 3.93. The molecule has 0 spiro atoms.